The molecular formula is C13H16O2. The van der Waals surface area contributed by atoms with E-state index in [1.807, 2.05) is 12.1 Å². The van der Waals surface area contributed by atoms with Crippen LogP contribution in [0.3, 0.4) is 0 Å². The zero-order valence-corrected chi connectivity index (χ0v) is 9.36. The van der Waals surface area contributed by atoms with Crippen LogP contribution in [-0.4, -0.2) is 13.1 Å². The van der Waals surface area contributed by atoms with E-state index in [0.717, 1.165) is 5.56 Å². The predicted molar refractivity (Wildman–Crippen MR) is 61.6 cm³/mol. The first-order chi connectivity index (χ1) is 7.13. The highest BCUT2D eigenvalue weighted by Crippen LogP contribution is 2.16. The monoisotopic (exact) mass is 204 g/mol. The molecule has 15 heavy (non-hydrogen) atoms. The third kappa shape index (κ3) is 3.58. The van der Waals surface area contributed by atoms with Crippen LogP contribution in [0.5, 0.6) is 0 Å². The first-order valence-corrected chi connectivity index (χ1v) is 4.99. The number of hydrogen-bond acceptors (Lipinski definition) is 2. The molecule has 0 aliphatic heterocycles. The van der Waals surface area contributed by atoms with Crippen LogP contribution in [0, 0.1) is 0 Å². The lowest BCUT2D eigenvalue weighted by atomic mass is 10.0. The summed E-state index contributed by atoms with van der Waals surface area (Å²) in [6.07, 6.45) is 3.19. The molecule has 0 saturated carbocycles. The molecule has 0 aromatic heterocycles. The van der Waals surface area contributed by atoms with Gasteiger partial charge < -0.3 is 4.74 Å². The molecule has 2 nitrogen and oxygen atoms in total. The van der Waals surface area contributed by atoms with E-state index in [-0.39, 0.29) is 5.97 Å². The van der Waals surface area contributed by atoms with E-state index >= 15 is 0 Å². The van der Waals surface area contributed by atoms with Gasteiger partial charge in [0.05, 0.1) is 7.11 Å². The predicted octanol–water partition coefficient (Wildman–Crippen LogP) is 3.00. The highest BCUT2D eigenvalue weighted by Gasteiger charge is 1.98. The van der Waals surface area contributed by atoms with Gasteiger partial charge in [0.2, 0.25) is 0 Å². The number of carbonyl (C=O) groups excluding carboxylic acids is 1. The Kier molecular flexibility index (Phi) is 4.10. The van der Waals surface area contributed by atoms with Crippen molar-refractivity contribution in [2.45, 2.75) is 19.8 Å². The molecule has 0 unspecified atom stereocenters. The van der Waals surface area contributed by atoms with Crippen LogP contribution in [0.4, 0.5) is 0 Å². The molecule has 0 heterocycles. The standard InChI is InChI=1S/C13H16O2/c1-10(2)12-6-4-5-11(9-12)7-8-13(14)15-3/h4-10H,1-3H3/b8-7+. The highest BCUT2D eigenvalue weighted by atomic mass is 16.5. The van der Waals surface area contributed by atoms with Gasteiger partial charge in [-0.2, -0.15) is 0 Å². The van der Waals surface area contributed by atoms with Crippen LogP contribution in [0.15, 0.2) is 30.3 Å². The lowest BCUT2D eigenvalue weighted by Gasteiger charge is -2.05. The van der Waals surface area contributed by atoms with Crippen molar-refractivity contribution in [1.82, 2.24) is 0 Å². The summed E-state index contributed by atoms with van der Waals surface area (Å²) in [6, 6.07) is 8.11. The topological polar surface area (TPSA) is 26.3 Å². The van der Waals surface area contributed by atoms with E-state index < -0.39 is 0 Å². The maximum Gasteiger partial charge on any atom is 0.330 e. The molecule has 1 aromatic carbocycles. The number of ether oxygens (including phenoxy) is 1. The van der Waals surface area contributed by atoms with E-state index in [0.29, 0.717) is 5.92 Å². The summed E-state index contributed by atoms with van der Waals surface area (Å²) in [7, 11) is 1.37. The van der Waals surface area contributed by atoms with E-state index in [2.05, 4.69) is 30.7 Å². The van der Waals surface area contributed by atoms with E-state index in [9.17, 15) is 4.79 Å². The molecule has 80 valence electrons. The van der Waals surface area contributed by atoms with Gasteiger partial charge in [-0.05, 0) is 23.1 Å². The van der Waals surface area contributed by atoms with Gasteiger partial charge in [-0.3, -0.25) is 0 Å². The zero-order valence-electron chi connectivity index (χ0n) is 9.36. The Balaban J connectivity index is 2.82. The first kappa shape index (κ1) is 11.5. The molecule has 0 radical (unpaired) electrons. The zero-order chi connectivity index (χ0) is 11.3. The maximum absolute atomic E-state index is 10.9. The third-order valence-corrected chi connectivity index (χ3v) is 2.19. The summed E-state index contributed by atoms with van der Waals surface area (Å²) < 4.78 is 4.52. The molecule has 0 spiro atoms. The maximum atomic E-state index is 10.9. The first-order valence-electron chi connectivity index (χ1n) is 4.99. The lowest BCUT2D eigenvalue weighted by molar-refractivity contribution is -0.134. The van der Waals surface area contributed by atoms with Gasteiger partial charge in [0.1, 0.15) is 0 Å². The molecule has 0 amide bonds. The summed E-state index contributed by atoms with van der Waals surface area (Å²) >= 11 is 0. The lowest BCUT2D eigenvalue weighted by Crippen LogP contribution is -1.93. The third-order valence-electron chi connectivity index (χ3n) is 2.19. The average Bonchev–Trinajstić information content (AvgIpc) is 2.26. The summed E-state index contributed by atoms with van der Waals surface area (Å²) in [5, 5.41) is 0. The quantitative estimate of drug-likeness (QED) is 0.559. The van der Waals surface area contributed by atoms with Crippen molar-refractivity contribution in [3.05, 3.63) is 41.5 Å². The van der Waals surface area contributed by atoms with Gasteiger partial charge >= 0.3 is 5.97 Å². The van der Waals surface area contributed by atoms with Crippen molar-refractivity contribution < 1.29 is 9.53 Å². The van der Waals surface area contributed by atoms with Crippen molar-refractivity contribution in [2.24, 2.45) is 0 Å². The molecule has 0 atom stereocenters. The fourth-order valence-corrected chi connectivity index (χ4v) is 1.25. The Morgan fingerprint density at radius 3 is 2.73 bits per heavy atom. The Hall–Kier alpha value is -1.57. The van der Waals surface area contributed by atoms with E-state index in [4.69, 9.17) is 0 Å². The minimum atomic E-state index is -0.329. The Bertz CT molecular complexity index is 365. The van der Waals surface area contributed by atoms with Crippen molar-refractivity contribution in [1.29, 1.82) is 0 Å². The van der Waals surface area contributed by atoms with Gasteiger partial charge in [-0.15, -0.1) is 0 Å². The average molecular weight is 204 g/mol. The molecule has 0 fully saturated rings. The van der Waals surface area contributed by atoms with Gasteiger partial charge in [0, 0.05) is 6.08 Å². The summed E-state index contributed by atoms with van der Waals surface area (Å²) in [4.78, 5) is 10.9. The van der Waals surface area contributed by atoms with E-state index in [1.54, 1.807) is 6.08 Å². The smallest absolute Gasteiger partial charge is 0.330 e. The van der Waals surface area contributed by atoms with E-state index in [1.165, 1.54) is 18.7 Å². The number of carbonyl (C=O) groups is 1. The second-order valence-corrected chi connectivity index (χ2v) is 3.68. The minimum Gasteiger partial charge on any atom is -0.466 e. The Morgan fingerprint density at radius 2 is 2.13 bits per heavy atom. The molecule has 1 aromatic rings. The molecule has 0 bridgehead atoms. The molecule has 0 saturated heterocycles. The fraction of sp³-hybridized carbons (Fsp3) is 0.308. The van der Waals surface area contributed by atoms with Gasteiger partial charge in [-0.25, -0.2) is 4.79 Å². The molecule has 1 rings (SSSR count). The normalized spacial score (nSPS) is 10.9. The number of hydrogen-bond donors (Lipinski definition) is 0. The SMILES string of the molecule is COC(=O)/C=C/c1cccc(C(C)C)c1. The summed E-state index contributed by atoms with van der Waals surface area (Å²) in [5.74, 6) is 0.168. The Morgan fingerprint density at radius 1 is 1.40 bits per heavy atom. The second kappa shape index (κ2) is 5.35. The van der Waals surface area contributed by atoms with Gasteiger partial charge in [0.25, 0.3) is 0 Å². The number of esters is 1. The van der Waals surface area contributed by atoms with Crippen LogP contribution in [0.2, 0.25) is 0 Å². The molecule has 0 aliphatic rings. The van der Waals surface area contributed by atoms with Crippen LogP contribution >= 0.6 is 0 Å². The molecular weight excluding hydrogens is 188 g/mol. The summed E-state index contributed by atoms with van der Waals surface area (Å²) in [5.41, 5.74) is 2.29. The van der Waals surface area contributed by atoms with Gasteiger partial charge in [-0.1, -0.05) is 38.1 Å². The van der Waals surface area contributed by atoms with Crippen LogP contribution in [0.25, 0.3) is 6.08 Å². The fourth-order valence-electron chi connectivity index (χ4n) is 1.25. The number of rotatable bonds is 3. The Labute approximate surface area is 90.6 Å². The molecule has 0 aliphatic carbocycles. The second-order valence-electron chi connectivity index (χ2n) is 3.68. The summed E-state index contributed by atoms with van der Waals surface area (Å²) in [6.45, 7) is 4.28. The van der Waals surface area contributed by atoms with Crippen LogP contribution in [-0.2, 0) is 9.53 Å². The highest BCUT2D eigenvalue weighted by molar-refractivity contribution is 5.86. The van der Waals surface area contributed by atoms with Crippen LogP contribution in [0.1, 0.15) is 30.9 Å². The van der Waals surface area contributed by atoms with Gasteiger partial charge in [0.15, 0.2) is 0 Å². The molecule has 2 heteroatoms. The minimum absolute atomic E-state index is 0.329. The molecule has 0 N–H and O–H groups in total. The number of benzene rings is 1. The largest absolute Gasteiger partial charge is 0.466 e. The van der Waals surface area contributed by atoms with Crippen molar-refractivity contribution in [2.75, 3.05) is 7.11 Å². The van der Waals surface area contributed by atoms with Crippen molar-refractivity contribution >= 4 is 12.0 Å². The van der Waals surface area contributed by atoms with Crippen molar-refractivity contribution in [3.8, 4) is 0 Å². The van der Waals surface area contributed by atoms with Crippen molar-refractivity contribution in [3.63, 3.8) is 0 Å². The number of methoxy groups -OCH3 is 1. The van der Waals surface area contributed by atoms with Crippen LogP contribution < -0.4 is 0 Å².